The van der Waals surface area contributed by atoms with Gasteiger partial charge in [0, 0.05) is 6.92 Å². The molecule has 0 saturated carbocycles. The first-order valence-electron chi connectivity index (χ1n) is 3.55. The molecular weight excluding hydrogens is 134 g/mol. The van der Waals surface area contributed by atoms with E-state index < -0.39 is 0 Å². The van der Waals surface area contributed by atoms with Crippen LogP contribution < -0.4 is 0 Å². The SMILES string of the molecule is CC#N.Cc1ccccc1C. The minimum atomic E-state index is 1.37. The molecule has 1 heteroatoms. The van der Waals surface area contributed by atoms with Crippen LogP contribution in [-0.4, -0.2) is 0 Å². The van der Waals surface area contributed by atoms with Gasteiger partial charge in [0.2, 0.25) is 0 Å². The molecule has 1 aromatic rings. The summed E-state index contributed by atoms with van der Waals surface area (Å²) < 4.78 is 0. The first-order chi connectivity index (χ1) is 5.22. The predicted molar refractivity (Wildman–Crippen MR) is 47.2 cm³/mol. The van der Waals surface area contributed by atoms with Crippen LogP contribution >= 0.6 is 0 Å². The predicted octanol–water partition coefficient (Wildman–Crippen LogP) is 2.83. The number of nitrogens with zero attached hydrogens (tertiary/aromatic N) is 1. The maximum Gasteiger partial charge on any atom is 0.0587 e. The van der Waals surface area contributed by atoms with E-state index in [0.29, 0.717) is 0 Å². The molecule has 0 bridgehead atoms. The van der Waals surface area contributed by atoms with Gasteiger partial charge in [-0.1, -0.05) is 24.3 Å². The lowest BCUT2D eigenvalue weighted by Crippen LogP contribution is -1.74. The van der Waals surface area contributed by atoms with E-state index in [1.165, 1.54) is 18.1 Å². The number of nitriles is 1. The summed E-state index contributed by atoms with van der Waals surface area (Å²) in [7, 11) is 0. The highest BCUT2D eigenvalue weighted by Crippen LogP contribution is 2.02. The van der Waals surface area contributed by atoms with Crippen LogP contribution in [0, 0.1) is 25.2 Å². The van der Waals surface area contributed by atoms with Gasteiger partial charge in [-0.15, -0.1) is 0 Å². The molecule has 0 fully saturated rings. The lowest BCUT2D eigenvalue weighted by atomic mass is 10.1. The van der Waals surface area contributed by atoms with Crippen LogP contribution in [0.2, 0.25) is 0 Å². The molecule has 0 heterocycles. The average Bonchev–Trinajstić information content (AvgIpc) is 1.97. The van der Waals surface area contributed by atoms with Crippen LogP contribution in [-0.2, 0) is 0 Å². The third-order valence-corrected chi connectivity index (χ3v) is 1.43. The molecule has 11 heavy (non-hydrogen) atoms. The Morgan fingerprint density at radius 1 is 1.09 bits per heavy atom. The molecule has 58 valence electrons. The normalized spacial score (nSPS) is 7.45. The van der Waals surface area contributed by atoms with Crippen LogP contribution in [0.3, 0.4) is 0 Å². The molecule has 0 spiro atoms. The van der Waals surface area contributed by atoms with E-state index in [1.54, 1.807) is 6.07 Å². The molecule has 0 saturated heterocycles. The largest absolute Gasteiger partial charge is 0.199 e. The molecule has 0 atom stereocenters. The molecule has 0 aliphatic heterocycles. The number of benzene rings is 1. The van der Waals surface area contributed by atoms with Crippen molar-refractivity contribution in [2.45, 2.75) is 20.8 Å². The van der Waals surface area contributed by atoms with Gasteiger partial charge in [0.05, 0.1) is 6.07 Å². The van der Waals surface area contributed by atoms with Crippen LogP contribution in [0.1, 0.15) is 18.1 Å². The zero-order chi connectivity index (χ0) is 8.69. The topological polar surface area (TPSA) is 23.8 Å². The van der Waals surface area contributed by atoms with Crippen molar-refractivity contribution in [3.8, 4) is 6.07 Å². The fourth-order valence-corrected chi connectivity index (χ4v) is 0.663. The summed E-state index contributed by atoms with van der Waals surface area (Å²) in [5, 5.41) is 7.32. The molecule has 0 aromatic heterocycles. The average molecular weight is 147 g/mol. The monoisotopic (exact) mass is 147 g/mol. The smallest absolute Gasteiger partial charge is 0.0587 e. The van der Waals surface area contributed by atoms with Gasteiger partial charge in [-0.3, -0.25) is 0 Å². The van der Waals surface area contributed by atoms with Crippen molar-refractivity contribution in [2.24, 2.45) is 0 Å². The molecule has 0 aliphatic carbocycles. The molecule has 1 nitrogen and oxygen atoms in total. The molecule has 0 aliphatic rings. The van der Waals surface area contributed by atoms with E-state index in [0.717, 1.165) is 0 Å². The van der Waals surface area contributed by atoms with E-state index in [2.05, 4.69) is 38.1 Å². The van der Waals surface area contributed by atoms with Crippen molar-refractivity contribution >= 4 is 0 Å². The Kier molecular flexibility index (Phi) is 4.85. The van der Waals surface area contributed by atoms with Crippen LogP contribution in [0.15, 0.2) is 24.3 Å². The van der Waals surface area contributed by atoms with Gasteiger partial charge in [-0.2, -0.15) is 5.26 Å². The fraction of sp³-hybridized carbons (Fsp3) is 0.300. The van der Waals surface area contributed by atoms with E-state index in [4.69, 9.17) is 5.26 Å². The van der Waals surface area contributed by atoms with Gasteiger partial charge in [0.15, 0.2) is 0 Å². The molecule has 1 aromatic carbocycles. The molecule has 0 amide bonds. The number of aryl methyl sites for hydroxylation is 2. The van der Waals surface area contributed by atoms with E-state index >= 15 is 0 Å². The Bertz CT molecular complexity index is 224. The Morgan fingerprint density at radius 3 is 1.55 bits per heavy atom. The zero-order valence-corrected chi connectivity index (χ0v) is 7.26. The fourth-order valence-electron chi connectivity index (χ4n) is 0.663. The lowest BCUT2D eigenvalue weighted by Gasteiger charge is -1.93. The maximum atomic E-state index is 7.32. The molecular formula is C10H13N. The van der Waals surface area contributed by atoms with E-state index in [9.17, 15) is 0 Å². The summed E-state index contributed by atoms with van der Waals surface area (Å²) >= 11 is 0. The first-order valence-corrected chi connectivity index (χ1v) is 3.55. The van der Waals surface area contributed by atoms with Gasteiger partial charge in [0.25, 0.3) is 0 Å². The summed E-state index contributed by atoms with van der Waals surface area (Å²) in [4.78, 5) is 0. The molecule has 1 rings (SSSR count). The summed E-state index contributed by atoms with van der Waals surface area (Å²) in [6.07, 6.45) is 0. The van der Waals surface area contributed by atoms with Crippen molar-refractivity contribution in [1.82, 2.24) is 0 Å². The zero-order valence-electron chi connectivity index (χ0n) is 7.26. The quantitative estimate of drug-likeness (QED) is 0.553. The Hall–Kier alpha value is -1.29. The van der Waals surface area contributed by atoms with Gasteiger partial charge >= 0.3 is 0 Å². The van der Waals surface area contributed by atoms with Gasteiger partial charge < -0.3 is 0 Å². The summed E-state index contributed by atoms with van der Waals surface area (Å²) in [5.74, 6) is 0. The Balaban J connectivity index is 0.000000292. The van der Waals surface area contributed by atoms with Crippen molar-refractivity contribution in [3.05, 3.63) is 35.4 Å². The Labute approximate surface area is 68.3 Å². The highest BCUT2D eigenvalue weighted by atomic mass is 14.2. The molecule has 0 unspecified atom stereocenters. The standard InChI is InChI=1S/C8H10.C2H3N/c1-7-5-3-4-6-8(7)2;1-2-3/h3-6H,1-2H3;1H3. The van der Waals surface area contributed by atoms with Crippen molar-refractivity contribution in [3.63, 3.8) is 0 Å². The van der Waals surface area contributed by atoms with Gasteiger partial charge in [0.1, 0.15) is 0 Å². The highest BCUT2D eigenvalue weighted by Gasteiger charge is 1.83. The number of hydrogen-bond acceptors (Lipinski definition) is 1. The minimum absolute atomic E-state index is 1.37. The summed E-state index contributed by atoms with van der Waals surface area (Å²) in [6.45, 7) is 5.67. The number of hydrogen-bond donors (Lipinski definition) is 0. The van der Waals surface area contributed by atoms with Crippen molar-refractivity contribution in [2.75, 3.05) is 0 Å². The summed E-state index contributed by atoms with van der Waals surface area (Å²) in [5.41, 5.74) is 2.74. The van der Waals surface area contributed by atoms with E-state index in [1.807, 2.05) is 0 Å². The van der Waals surface area contributed by atoms with Gasteiger partial charge in [-0.05, 0) is 25.0 Å². The Morgan fingerprint density at radius 2 is 1.36 bits per heavy atom. The highest BCUT2D eigenvalue weighted by molar-refractivity contribution is 5.23. The summed E-state index contributed by atoms with van der Waals surface area (Å²) in [6, 6.07) is 10.1. The molecule has 0 N–H and O–H groups in total. The van der Waals surface area contributed by atoms with Crippen molar-refractivity contribution in [1.29, 1.82) is 5.26 Å². The second-order valence-electron chi connectivity index (χ2n) is 2.31. The third-order valence-electron chi connectivity index (χ3n) is 1.43. The van der Waals surface area contributed by atoms with Gasteiger partial charge in [-0.25, -0.2) is 0 Å². The second-order valence-corrected chi connectivity index (χ2v) is 2.31. The first kappa shape index (κ1) is 9.71. The third kappa shape index (κ3) is 4.16. The van der Waals surface area contributed by atoms with Crippen LogP contribution in [0.25, 0.3) is 0 Å². The van der Waals surface area contributed by atoms with Crippen LogP contribution in [0.5, 0.6) is 0 Å². The van der Waals surface area contributed by atoms with Crippen LogP contribution in [0.4, 0.5) is 0 Å². The molecule has 0 radical (unpaired) electrons. The van der Waals surface area contributed by atoms with E-state index in [-0.39, 0.29) is 0 Å². The maximum absolute atomic E-state index is 7.32. The lowest BCUT2D eigenvalue weighted by molar-refractivity contribution is 1.34. The second kappa shape index (κ2) is 5.49. The minimum Gasteiger partial charge on any atom is -0.199 e. The van der Waals surface area contributed by atoms with Crippen molar-refractivity contribution < 1.29 is 0 Å². The number of rotatable bonds is 0.